The number of nitrogens with two attached hydrogens (primary N) is 1. The second-order valence-corrected chi connectivity index (χ2v) is 4.21. The predicted octanol–water partition coefficient (Wildman–Crippen LogP) is 3.04. The van der Waals surface area contributed by atoms with Gasteiger partial charge in [-0.2, -0.15) is 0 Å². The summed E-state index contributed by atoms with van der Waals surface area (Å²) in [7, 11) is 0. The van der Waals surface area contributed by atoms with Crippen LogP contribution in [-0.4, -0.2) is 4.99 Å². The summed E-state index contributed by atoms with van der Waals surface area (Å²) in [5, 5.41) is 0. The van der Waals surface area contributed by atoms with Crippen molar-refractivity contribution in [3.05, 3.63) is 65.5 Å². The van der Waals surface area contributed by atoms with E-state index in [9.17, 15) is 4.39 Å². The number of thiocarbonyl (C=S) groups is 1. The van der Waals surface area contributed by atoms with Crippen LogP contribution in [0.4, 0.5) is 4.39 Å². The third-order valence-corrected chi connectivity index (χ3v) is 2.69. The van der Waals surface area contributed by atoms with Gasteiger partial charge in [-0.15, -0.1) is 0 Å². The van der Waals surface area contributed by atoms with Crippen molar-refractivity contribution in [3.63, 3.8) is 0 Å². The number of hydrogen-bond acceptors (Lipinski definition) is 2. The minimum absolute atomic E-state index is 0.303. The van der Waals surface area contributed by atoms with E-state index < -0.39 is 0 Å². The molecular weight excluding hydrogens is 249 g/mol. The zero-order valence-corrected chi connectivity index (χ0v) is 10.4. The monoisotopic (exact) mass is 261 g/mol. The topological polar surface area (TPSA) is 35.2 Å². The van der Waals surface area contributed by atoms with Crippen LogP contribution in [0.3, 0.4) is 0 Å². The molecule has 2 rings (SSSR count). The molecule has 2 aromatic carbocycles. The molecule has 0 aliphatic heterocycles. The number of benzene rings is 2. The van der Waals surface area contributed by atoms with Crippen molar-refractivity contribution < 1.29 is 9.13 Å². The fourth-order valence-electron chi connectivity index (χ4n) is 1.60. The molecule has 2 N–H and O–H groups in total. The molecule has 0 saturated carbocycles. The predicted molar refractivity (Wildman–Crippen MR) is 73.1 cm³/mol. The maximum absolute atomic E-state index is 13.0. The van der Waals surface area contributed by atoms with Crippen LogP contribution in [0.15, 0.2) is 48.5 Å². The Hall–Kier alpha value is -1.94. The maximum atomic E-state index is 13.0. The first-order valence-corrected chi connectivity index (χ1v) is 5.84. The van der Waals surface area contributed by atoms with E-state index in [0.29, 0.717) is 17.3 Å². The molecule has 4 heteroatoms. The summed E-state index contributed by atoms with van der Waals surface area (Å²) in [4.78, 5) is 0.327. The van der Waals surface area contributed by atoms with Gasteiger partial charge in [-0.05, 0) is 17.7 Å². The summed E-state index contributed by atoms with van der Waals surface area (Å²) in [6.07, 6.45) is 0. The Morgan fingerprint density at radius 1 is 1.17 bits per heavy atom. The van der Waals surface area contributed by atoms with Gasteiger partial charge in [0.1, 0.15) is 23.2 Å². The molecule has 0 amide bonds. The van der Waals surface area contributed by atoms with Crippen LogP contribution in [0.1, 0.15) is 11.1 Å². The Morgan fingerprint density at radius 3 is 2.67 bits per heavy atom. The van der Waals surface area contributed by atoms with Gasteiger partial charge >= 0.3 is 0 Å². The van der Waals surface area contributed by atoms with Crippen LogP contribution in [0.5, 0.6) is 5.75 Å². The van der Waals surface area contributed by atoms with E-state index in [2.05, 4.69) is 0 Å². The van der Waals surface area contributed by atoms with Crippen molar-refractivity contribution in [3.8, 4) is 5.75 Å². The quantitative estimate of drug-likeness (QED) is 0.859. The van der Waals surface area contributed by atoms with Gasteiger partial charge in [-0.1, -0.05) is 42.5 Å². The van der Waals surface area contributed by atoms with Gasteiger partial charge in [-0.3, -0.25) is 0 Å². The molecule has 0 aliphatic rings. The first kappa shape index (κ1) is 12.5. The van der Waals surface area contributed by atoms with Crippen LogP contribution >= 0.6 is 12.2 Å². The number of halogens is 1. The van der Waals surface area contributed by atoms with Crippen LogP contribution < -0.4 is 10.5 Å². The Bertz CT molecular complexity index is 571. The van der Waals surface area contributed by atoms with E-state index in [1.807, 2.05) is 24.3 Å². The highest BCUT2D eigenvalue weighted by atomic mass is 32.1. The van der Waals surface area contributed by atoms with Crippen molar-refractivity contribution in [1.29, 1.82) is 0 Å². The minimum atomic E-state index is -0.324. The van der Waals surface area contributed by atoms with E-state index in [4.69, 9.17) is 22.7 Å². The van der Waals surface area contributed by atoms with Crippen molar-refractivity contribution in [2.24, 2.45) is 5.73 Å². The van der Waals surface area contributed by atoms with E-state index in [1.165, 1.54) is 12.1 Å². The zero-order valence-electron chi connectivity index (χ0n) is 9.60. The van der Waals surface area contributed by atoms with Crippen molar-refractivity contribution in [2.45, 2.75) is 6.61 Å². The first-order valence-electron chi connectivity index (χ1n) is 5.43. The number of hydrogen-bond donors (Lipinski definition) is 1. The van der Waals surface area contributed by atoms with Crippen LogP contribution in [-0.2, 0) is 6.61 Å². The Morgan fingerprint density at radius 2 is 1.94 bits per heavy atom. The van der Waals surface area contributed by atoms with E-state index in [-0.39, 0.29) is 5.82 Å². The van der Waals surface area contributed by atoms with E-state index >= 15 is 0 Å². The first-order chi connectivity index (χ1) is 8.66. The van der Waals surface area contributed by atoms with Crippen molar-refractivity contribution >= 4 is 17.2 Å². The second-order valence-electron chi connectivity index (χ2n) is 3.77. The molecule has 92 valence electrons. The Kier molecular flexibility index (Phi) is 3.89. The van der Waals surface area contributed by atoms with Gasteiger partial charge in [0, 0.05) is 11.6 Å². The maximum Gasteiger partial charge on any atom is 0.126 e. The zero-order chi connectivity index (χ0) is 13.0. The average molecular weight is 261 g/mol. The lowest BCUT2D eigenvalue weighted by atomic mass is 10.1. The van der Waals surface area contributed by atoms with Gasteiger partial charge in [0.05, 0.1) is 0 Å². The molecule has 2 aromatic rings. The fraction of sp³-hybridized carbons (Fsp3) is 0.0714. The van der Waals surface area contributed by atoms with Gasteiger partial charge in [0.15, 0.2) is 0 Å². The lowest BCUT2D eigenvalue weighted by Crippen LogP contribution is -2.13. The molecule has 0 fully saturated rings. The summed E-state index contributed by atoms with van der Waals surface area (Å²) in [5.41, 5.74) is 7.29. The number of ether oxygens (including phenoxy) is 1. The van der Waals surface area contributed by atoms with Gasteiger partial charge in [0.2, 0.25) is 0 Å². The molecule has 18 heavy (non-hydrogen) atoms. The summed E-state index contributed by atoms with van der Waals surface area (Å²) in [6, 6.07) is 13.5. The molecule has 0 unspecified atom stereocenters. The standard InChI is InChI=1S/C14H12FNOS/c15-11-5-3-6-12(8-11)17-9-10-4-1-2-7-13(10)14(16)18/h1-8H,9H2,(H2,16,18). The Labute approximate surface area is 110 Å². The van der Waals surface area contributed by atoms with Gasteiger partial charge in [-0.25, -0.2) is 4.39 Å². The van der Waals surface area contributed by atoms with Gasteiger partial charge in [0.25, 0.3) is 0 Å². The Balaban J connectivity index is 2.13. The summed E-state index contributed by atoms with van der Waals surface area (Å²) < 4.78 is 18.5. The highest BCUT2D eigenvalue weighted by Gasteiger charge is 2.05. The smallest absolute Gasteiger partial charge is 0.126 e. The molecule has 0 heterocycles. The normalized spacial score (nSPS) is 10.1. The molecule has 0 aliphatic carbocycles. The third-order valence-electron chi connectivity index (χ3n) is 2.47. The van der Waals surface area contributed by atoms with Crippen molar-refractivity contribution in [2.75, 3.05) is 0 Å². The molecule has 0 bridgehead atoms. The summed E-state index contributed by atoms with van der Waals surface area (Å²) >= 11 is 4.96. The summed E-state index contributed by atoms with van der Waals surface area (Å²) in [6.45, 7) is 0.303. The third kappa shape index (κ3) is 3.05. The van der Waals surface area contributed by atoms with E-state index in [0.717, 1.165) is 11.1 Å². The molecule has 2 nitrogen and oxygen atoms in total. The average Bonchev–Trinajstić information content (AvgIpc) is 2.37. The van der Waals surface area contributed by atoms with Gasteiger partial charge < -0.3 is 10.5 Å². The highest BCUT2D eigenvalue weighted by molar-refractivity contribution is 7.80. The number of rotatable bonds is 4. The molecule has 0 radical (unpaired) electrons. The molecule has 0 saturated heterocycles. The molecule has 0 spiro atoms. The van der Waals surface area contributed by atoms with Crippen LogP contribution in [0, 0.1) is 5.82 Å². The van der Waals surface area contributed by atoms with Crippen molar-refractivity contribution in [1.82, 2.24) is 0 Å². The second kappa shape index (κ2) is 5.60. The van der Waals surface area contributed by atoms with E-state index in [1.54, 1.807) is 12.1 Å². The molecule has 0 aromatic heterocycles. The fourth-order valence-corrected chi connectivity index (χ4v) is 1.80. The summed E-state index contributed by atoms with van der Waals surface area (Å²) in [5.74, 6) is 0.155. The largest absolute Gasteiger partial charge is 0.489 e. The highest BCUT2D eigenvalue weighted by Crippen LogP contribution is 2.16. The van der Waals surface area contributed by atoms with Crippen LogP contribution in [0.2, 0.25) is 0 Å². The van der Waals surface area contributed by atoms with Crippen LogP contribution in [0.25, 0.3) is 0 Å². The minimum Gasteiger partial charge on any atom is -0.489 e. The molecule has 0 atom stereocenters. The lowest BCUT2D eigenvalue weighted by Gasteiger charge is -2.10. The SMILES string of the molecule is NC(=S)c1ccccc1COc1cccc(F)c1. The lowest BCUT2D eigenvalue weighted by molar-refractivity contribution is 0.304. The molecular formula is C14H12FNOS.